The van der Waals surface area contributed by atoms with Crippen molar-refractivity contribution in [1.29, 1.82) is 0 Å². The zero-order chi connectivity index (χ0) is 13.7. The lowest BCUT2D eigenvalue weighted by Crippen LogP contribution is -2.21. The zero-order valence-corrected chi connectivity index (χ0v) is 13.4. The summed E-state index contributed by atoms with van der Waals surface area (Å²) in [5.41, 5.74) is 5.64. The van der Waals surface area contributed by atoms with E-state index in [2.05, 4.69) is 70.9 Å². The summed E-state index contributed by atoms with van der Waals surface area (Å²) in [4.78, 5) is 0. The first-order valence-corrected chi connectivity index (χ1v) is 7.91. The highest BCUT2D eigenvalue weighted by molar-refractivity contribution is 7.99. The van der Waals surface area contributed by atoms with E-state index in [9.17, 15) is 0 Å². The average Bonchev–Trinajstić information content (AvgIpc) is 2.35. The average molecular weight is 265 g/mol. The van der Waals surface area contributed by atoms with Crippen LogP contribution in [0.25, 0.3) is 0 Å². The molecule has 0 radical (unpaired) electrons. The van der Waals surface area contributed by atoms with Crippen molar-refractivity contribution >= 4 is 11.8 Å². The van der Waals surface area contributed by atoms with Crippen LogP contribution in [0.5, 0.6) is 0 Å². The van der Waals surface area contributed by atoms with Crippen molar-refractivity contribution in [3.8, 4) is 0 Å². The molecule has 0 bridgehead atoms. The molecule has 0 saturated carbocycles. The van der Waals surface area contributed by atoms with Crippen LogP contribution in [0.2, 0.25) is 0 Å². The molecule has 0 aliphatic rings. The van der Waals surface area contributed by atoms with Gasteiger partial charge in [0.1, 0.15) is 0 Å². The Bertz CT molecular complexity index is 387. The normalized spacial score (nSPS) is 14.6. The first-order chi connectivity index (χ1) is 8.49. The van der Waals surface area contributed by atoms with Gasteiger partial charge < -0.3 is 5.32 Å². The van der Waals surface area contributed by atoms with Gasteiger partial charge in [0, 0.05) is 17.0 Å². The fraction of sp³-hybridized carbons (Fsp3) is 0.625. The molecule has 0 fully saturated rings. The van der Waals surface area contributed by atoms with Crippen molar-refractivity contribution in [3.05, 3.63) is 34.4 Å². The van der Waals surface area contributed by atoms with Gasteiger partial charge in [-0.15, -0.1) is 0 Å². The summed E-state index contributed by atoms with van der Waals surface area (Å²) < 4.78 is 0. The standard InChI is InChI=1S/C16H27NS/c1-7-14(5)18-10-16(17-6)15-9-12(3)11(2)8-13(15)4/h8-9,14,16-17H,7,10H2,1-6H3. The van der Waals surface area contributed by atoms with E-state index in [0.717, 1.165) is 11.0 Å². The minimum atomic E-state index is 0.461. The number of aryl methyl sites for hydroxylation is 3. The van der Waals surface area contributed by atoms with Gasteiger partial charge >= 0.3 is 0 Å². The molecule has 0 amide bonds. The third-order valence-electron chi connectivity index (χ3n) is 3.73. The van der Waals surface area contributed by atoms with Crippen LogP contribution in [0.15, 0.2) is 12.1 Å². The van der Waals surface area contributed by atoms with Crippen LogP contribution in [0.3, 0.4) is 0 Å². The molecule has 0 aliphatic heterocycles. The monoisotopic (exact) mass is 265 g/mol. The maximum atomic E-state index is 3.46. The molecule has 0 aliphatic carbocycles. The molecule has 0 aromatic heterocycles. The van der Waals surface area contributed by atoms with Crippen molar-refractivity contribution in [1.82, 2.24) is 5.32 Å². The number of hydrogen-bond donors (Lipinski definition) is 1. The third-order valence-corrected chi connectivity index (χ3v) is 5.16. The highest BCUT2D eigenvalue weighted by Gasteiger charge is 2.14. The SMILES string of the molecule is CCC(C)SCC(NC)c1cc(C)c(C)cc1C. The summed E-state index contributed by atoms with van der Waals surface area (Å²) >= 11 is 2.06. The van der Waals surface area contributed by atoms with Gasteiger partial charge in [-0.05, 0) is 56.5 Å². The summed E-state index contributed by atoms with van der Waals surface area (Å²) in [5, 5.41) is 4.21. The van der Waals surface area contributed by atoms with Crippen LogP contribution < -0.4 is 5.32 Å². The Kier molecular flexibility index (Phi) is 6.24. The molecule has 2 atom stereocenters. The molecule has 2 heteroatoms. The Morgan fingerprint density at radius 3 is 2.28 bits per heavy atom. The van der Waals surface area contributed by atoms with Gasteiger partial charge in [-0.2, -0.15) is 11.8 Å². The Morgan fingerprint density at radius 2 is 1.72 bits per heavy atom. The highest BCUT2D eigenvalue weighted by Crippen LogP contribution is 2.26. The second-order valence-corrected chi connectivity index (χ2v) is 6.66. The maximum Gasteiger partial charge on any atom is 0.0412 e. The number of benzene rings is 1. The topological polar surface area (TPSA) is 12.0 Å². The lowest BCUT2D eigenvalue weighted by Gasteiger charge is -2.21. The molecule has 0 spiro atoms. The van der Waals surface area contributed by atoms with Crippen LogP contribution in [-0.4, -0.2) is 18.1 Å². The van der Waals surface area contributed by atoms with Crippen molar-refractivity contribution in [3.63, 3.8) is 0 Å². The van der Waals surface area contributed by atoms with E-state index in [1.165, 1.54) is 28.7 Å². The van der Waals surface area contributed by atoms with E-state index < -0.39 is 0 Å². The molecule has 18 heavy (non-hydrogen) atoms. The third kappa shape index (κ3) is 4.03. The molecule has 0 saturated heterocycles. The van der Waals surface area contributed by atoms with E-state index in [-0.39, 0.29) is 0 Å². The number of thioether (sulfide) groups is 1. The first kappa shape index (κ1) is 15.6. The number of hydrogen-bond acceptors (Lipinski definition) is 2. The van der Waals surface area contributed by atoms with Crippen LogP contribution in [-0.2, 0) is 0 Å². The van der Waals surface area contributed by atoms with E-state index in [4.69, 9.17) is 0 Å². The van der Waals surface area contributed by atoms with Crippen LogP contribution in [0.4, 0.5) is 0 Å². The summed E-state index contributed by atoms with van der Waals surface area (Å²) in [6.07, 6.45) is 1.24. The van der Waals surface area contributed by atoms with Gasteiger partial charge in [0.25, 0.3) is 0 Å². The van der Waals surface area contributed by atoms with Gasteiger partial charge in [-0.1, -0.05) is 26.0 Å². The van der Waals surface area contributed by atoms with Crippen molar-refractivity contribution in [2.75, 3.05) is 12.8 Å². The van der Waals surface area contributed by atoms with Crippen molar-refractivity contribution in [2.45, 2.75) is 52.3 Å². The molecule has 102 valence electrons. The zero-order valence-electron chi connectivity index (χ0n) is 12.6. The maximum absolute atomic E-state index is 3.46. The van der Waals surface area contributed by atoms with Crippen LogP contribution in [0, 0.1) is 20.8 Å². The van der Waals surface area contributed by atoms with E-state index >= 15 is 0 Å². The Balaban J connectivity index is 2.85. The van der Waals surface area contributed by atoms with Gasteiger partial charge in [-0.3, -0.25) is 0 Å². The number of rotatable bonds is 6. The Hall–Kier alpha value is -0.470. The predicted octanol–water partition coefficient (Wildman–Crippen LogP) is 4.40. The molecule has 2 unspecified atom stereocenters. The summed E-state index contributed by atoms with van der Waals surface area (Å²) in [6, 6.07) is 5.12. The van der Waals surface area contributed by atoms with Gasteiger partial charge in [0.15, 0.2) is 0 Å². The molecule has 0 heterocycles. The second kappa shape index (κ2) is 7.20. The molecular formula is C16H27NS. The molecule has 1 rings (SSSR count). The lowest BCUT2D eigenvalue weighted by atomic mass is 9.96. The van der Waals surface area contributed by atoms with E-state index in [1.54, 1.807) is 0 Å². The first-order valence-electron chi connectivity index (χ1n) is 6.86. The van der Waals surface area contributed by atoms with E-state index in [0.29, 0.717) is 6.04 Å². The van der Waals surface area contributed by atoms with Crippen LogP contribution >= 0.6 is 11.8 Å². The lowest BCUT2D eigenvalue weighted by molar-refractivity contribution is 0.655. The van der Waals surface area contributed by atoms with Crippen molar-refractivity contribution < 1.29 is 0 Å². The van der Waals surface area contributed by atoms with Gasteiger partial charge in [0.05, 0.1) is 0 Å². The predicted molar refractivity (Wildman–Crippen MR) is 84.7 cm³/mol. The van der Waals surface area contributed by atoms with Crippen molar-refractivity contribution in [2.24, 2.45) is 0 Å². The molecule has 1 N–H and O–H groups in total. The molecular weight excluding hydrogens is 238 g/mol. The summed E-state index contributed by atoms with van der Waals surface area (Å²) in [5.74, 6) is 1.15. The Labute approximate surface area is 117 Å². The quantitative estimate of drug-likeness (QED) is 0.818. The van der Waals surface area contributed by atoms with Gasteiger partial charge in [-0.25, -0.2) is 0 Å². The minimum absolute atomic E-state index is 0.461. The van der Waals surface area contributed by atoms with E-state index in [1.807, 2.05) is 0 Å². The summed E-state index contributed by atoms with van der Waals surface area (Å²) in [6.45, 7) is 11.2. The second-order valence-electron chi connectivity index (χ2n) is 5.19. The smallest absolute Gasteiger partial charge is 0.0412 e. The fourth-order valence-corrected chi connectivity index (χ4v) is 3.17. The fourth-order valence-electron chi connectivity index (χ4n) is 2.07. The summed E-state index contributed by atoms with van der Waals surface area (Å²) in [7, 11) is 2.07. The van der Waals surface area contributed by atoms with Gasteiger partial charge in [0.2, 0.25) is 0 Å². The number of nitrogens with one attached hydrogen (secondary N) is 1. The minimum Gasteiger partial charge on any atom is -0.312 e. The molecule has 1 nitrogen and oxygen atoms in total. The largest absolute Gasteiger partial charge is 0.312 e. The molecule has 1 aromatic rings. The highest BCUT2D eigenvalue weighted by atomic mass is 32.2. The van der Waals surface area contributed by atoms with Crippen LogP contribution in [0.1, 0.15) is 48.6 Å². The molecule has 1 aromatic carbocycles. The Morgan fingerprint density at radius 1 is 1.11 bits per heavy atom.